The number of fused-ring (bicyclic) bond motifs is 1. The minimum absolute atomic E-state index is 0.0794. The highest BCUT2D eigenvalue weighted by Gasteiger charge is 2.14. The maximum absolute atomic E-state index is 9.51. The number of nitrogens with one attached hydrogen (secondary N) is 1. The van der Waals surface area contributed by atoms with Gasteiger partial charge in [-0.3, -0.25) is 0 Å². The summed E-state index contributed by atoms with van der Waals surface area (Å²) in [6, 6.07) is 3.13. The topological polar surface area (TPSA) is 71.0 Å². The van der Waals surface area contributed by atoms with E-state index in [-0.39, 0.29) is 12.3 Å². The molecule has 5 nitrogen and oxygen atoms in total. The first-order chi connectivity index (χ1) is 6.81. The van der Waals surface area contributed by atoms with E-state index in [4.69, 9.17) is 14.7 Å². The van der Waals surface area contributed by atoms with E-state index in [2.05, 4.69) is 0 Å². The molecule has 2 rings (SSSR count). The van der Waals surface area contributed by atoms with Crippen LogP contribution in [0.2, 0.25) is 0 Å². The third-order valence-corrected chi connectivity index (χ3v) is 2.01. The van der Waals surface area contributed by atoms with Crippen molar-refractivity contribution in [2.24, 2.45) is 0 Å². The van der Waals surface area contributed by atoms with Gasteiger partial charge in [0.25, 0.3) is 0 Å². The average molecular weight is 197 g/mol. The van der Waals surface area contributed by atoms with Gasteiger partial charge in [-0.25, -0.2) is 5.48 Å². The van der Waals surface area contributed by atoms with Gasteiger partial charge in [0.15, 0.2) is 11.5 Å². The fraction of sp³-hybridized carbons (Fsp3) is 0.333. The van der Waals surface area contributed by atoms with Crippen molar-refractivity contribution in [2.75, 3.05) is 13.2 Å². The first kappa shape index (κ1) is 9.11. The highest BCUT2D eigenvalue weighted by Crippen LogP contribution is 2.35. The lowest BCUT2D eigenvalue weighted by Crippen LogP contribution is -2.16. The maximum atomic E-state index is 9.51. The molecule has 0 amide bonds. The van der Waals surface area contributed by atoms with E-state index in [0.29, 0.717) is 30.3 Å². The Kier molecular flexibility index (Phi) is 2.43. The average Bonchev–Trinajstić information content (AvgIpc) is 2.19. The van der Waals surface area contributed by atoms with Gasteiger partial charge < -0.3 is 19.8 Å². The Morgan fingerprint density at radius 3 is 2.50 bits per heavy atom. The van der Waals surface area contributed by atoms with Crippen LogP contribution in [0.5, 0.6) is 17.2 Å². The van der Waals surface area contributed by atoms with Crippen molar-refractivity contribution in [3.05, 3.63) is 17.7 Å². The van der Waals surface area contributed by atoms with Gasteiger partial charge in [-0.1, -0.05) is 0 Å². The lowest BCUT2D eigenvalue weighted by molar-refractivity contribution is 0.157. The van der Waals surface area contributed by atoms with Gasteiger partial charge in [0, 0.05) is 18.2 Å². The molecule has 3 N–H and O–H groups in total. The monoisotopic (exact) mass is 197 g/mol. The van der Waals surface area contributed by atoms with Crippen LogP contribution in [0.4, 0.5) is 0 Å². The van der Waals surface area contributed by atoms with E-state index >= 15 is 0 Å². The third-order valence-electron chi connectivity index (χ3n) is 2.01. The lowest BCUT2D eigenvalue weighted by Gasteiger charge is -2.19. The lowest BCUT2D eigenvalue weighted by atomic mass is 10.1. The standard InChI is InChI=1S/C9H11NO4/c11-7-4-9-8(13-1-2-14-9)3-6(7)5-10-12/h3-4,10-12H,1-2,5H2. The summed E-state index contributed by atoms with van der Waals surface area (Å²) in [5, 5.41) is 18.0. The number of ether oxygens (including phenoxy) is 2. The quantitative estimate of drug-likeness (QED) is 0.607. The van der Waals surface area contributed by atoms with Crippen molar-refractivity contribution >= 4 is 0 Å². The molecular weight excluding hydrogens is 186 g/mol. The molecule has 0 atom stereocenters. The Labute approximate surface area is 80.8 Å². The molecular formula is C9H11NO4. The molecule has 1 aliphatic heterocycles. The van der Waals surface area contributed by atoms with Crippen molar-refractivity contribution < 1.29 is 19.8 Å². The Hall–Kier alpha value is -1.46. The van der Waals surface area contributed by atoms with Crippen LogP contribution in [0.3, 0.4) is 0 Å². The Morgan fingerprint density at radius 1 is 1.21 bits per heavy atom. The van der Waals surface area contributed by atoms with Gasteiger partial charge >= 0.3 is 0 Å². The van der Waals surface area contributed by atoms with Crippen LogP contribution in [0.15, 0.2) is 12.1 Å². The summed E-state index contributed by atoms with van der Waals surface area (Å²) in [5.41, 5.74) is 2.54. The molecule has 0 aliphatic carbocycles. The zero-order chi connectivity index (χ0) is 9.97. The van der Waals surface area contributed by atoms with Crippen molar-refractivity contribution in [1.29, 1.82) is 0 Å². The van der Waals surface area contributed by atoms with Crippen LogP contribution in [-0.4, -0.2) is 23.5 Å². The van der Waals surface area contributed by atoms with E-state index in [0.717, 1.165) is 0 Å². The molecule has 0 saturated carbocycles. The largest absolute Gasteiger partial charge is 0.507 e. The first-order valence-electron chi connectivity index (χ1n) is 4.29. The smallest absolute Gasteiger partial charge is 0.165 e. The second-order valence-corrected chi connectivity index (χ2v) is 2.96. The van der Waals surface area contributed by atoms with Crippen LogP contribution in [-0.2, 0) is 6.54 Å². The van der Waals surface area contributed by atoms with Crippen LogP contribution in [0.25, 0.3) is 0 Å². The molecule has 0 bridgehead atoms. The fourth-order valence-corrected chi connectivity index (χ4v) is 1.35. The van der Waals surface area contributed by atoms with Crippen LogP contribution in [0.1, 0.15) is 5.56 Å². The zero-order valence-corrected chi connectivity index (χ0v) is 7.49. The summed E-state index contributed by atoms with van der Waals surface area (Å²) in [6.45, 7) is 1.16. The molecule has 0 fully saturated rings. The normalized spacial score (nSPS) is 14.1. The molecule has 0 radical (unpaired) electrons. The Bertz CT molecular complexity index is 340. The number of hydroxylamine groups is 1. The highest BCUT2D eigenvalue weighted by molar-refractivity contribution is 5.50. The van der Waals surface area contributed by atoms with Crippen molar-refractivity contribution in [3.63, 3.8) is 0 Å². The van der Waals surface area contributed by atoms with Gasteiger partial charge in [-0.2, -0.15) is 0 Å². The molecule has 1 aromatic carbocycles. The second-order valence-electron chi connectivity index (χ2n) is 2.96. The van der Waals surface area contributed by atoms with Crippen molar-refractivity contribution in [2.45, 2.75) is 6.54 Å². The van der Waals surface area contributed by atoms with Gasteiger partial charge in [0.2, 0.25) is 0 Å². The summed E-state index contributed by atoms with van der Waals surface area (Å²) < 4.78 is 10.6. The molecule has 0 saturated heterocycles. The molecule has 14 heavy (non-hydrogen) atoms. The van der Waals surface area contributed by atoms with Gasteiger partial charge in [0.05, 0.1) is 0 Å². The van der Waals surface area contributed by atoms with Crippen LogP contribution >= 0.6 is 0 Å². The van der Waals surface area contributed by atoms with Crippen molar-refractivity contribution in [1.82, 2.24) is 5.48 Å². The van der Waals surface area contributed by atoms with E-state index in [1.54, 1.807) is 6.07 Å². The molecule has 1 aromatic rings. The predicted molar refractivity (Wildman–Crippen MR) is 47.7 cm³/mol. The van der Waals surface area contributed by atoms with Crippen LogP contribution < -0.4 is 15.0 Å². The molecule has 1 aliphatic rings. The number of phenols is 1. The summed E-state index contributed by atoms with van der Waals surface area (Å²) >= 11 is 0. The Balaban J connectivity index is 2.35. The number of benzene rings is 1. The number of hydrogen-bond donors (Lipinski definition) is 3. The van der Waals surface area contributed by atoms with Crippen LogP contribution in [0, 0.1) is 0 Å². The van der Waals surface area contributed by atoms with E-state index in [9.17, 15) is 5.11 Å². The van der Waals surface area contributed by atoms with E-state index in [1.807, 2.05) is 5.48 Å². The third kappa shape index (κ3) is 1.59. The summed E-state index contributed by atoms with van der Waals surface area (Å²) in [7, 11) is 0. The van der Waals surface area contributed by atoms with E-state index in [1.165, 1.54) is 6.07 Å². The molecule has 76 valence electrons. The second kappa shape index (κ2) is 3.73. The first-order valence-corrected chi connectivity index (χ1v) is 4.29. The maximum Gasteiger partial charge on any atom is 0.165 e. The molecule has 0 spiro atoms. The highest BCUT2D eigenvalue weighted by atomic mass is 16.6. The summed E-state index contributed by atoms with van der Waals surface area (Å²) in [4.78, 5) is 0. The van der Waals surface area contributed by atoms with E-state index < -0.39 is 0 Å². The molecule has 1 heterocycles. The van der Waals surface area contributed by atoms with Gasteiger partial charge in [0.1, 0.15) is 19.0 Å². The Morgan fingerprint density at radius 2 is 1.86 bits per heavy atom. The minimum atomic E-state index is 0.0794. The SMILES string of the molecule is ONCc1cc2c(cc1O)OCCO2. The fourth-order valence-electron chi connectivity index (χ4n) is 1.35. The molecule has 0 unspecified atom stereocenters. The number of hydrogen-bond acceptors (Lipinski definition) is 5. The van der Waals surface area contributed by atoms with Gasteiger partial charge in [-0.05, 0) is 6.07 Å². The molecule has 5 heteroatoms. The zero-order valence-electron chi connectivity index (χ0n) is 7.49. The number of aromatic hydroxyl groups is 1. The van der Waals surface area contributed by atoms with Crippen molar-refractivity contribution in [3.8, 4) is 17.2 Å². The minimum Gasteiger partial charge on any atom is -0.507 e. The molecule has 0 aromatic heterocycles. The van der Waals surface area contributed by atoms with Gasteiger partial charge in [-0.15, -0.1) is 0 Å². The summed E-state index contributed by atoms with van der Waals surface area (Å²) in [6.07, 6.45) is 0. The number of phenolic OH excluding ortho intramolecular Hbond substituents is 1. The predicted octanol–water partition coefficient (Wildman–Crippen LogP) is 0.642. The summed E-state index contributed by atoms with van der Waals surface area (Å²) in [5.74, 6) is 1.21. The number of rotatable bonds is 2.